The second kappa shape index (κ2) is 6.94. The minimum absolute atomic E-state index is 0.185. The van der Waals surface area contributed by atoms with Crippen LogP contribution in [-0.2, 0) is 11.2 Å². The Bertz CT molecular complexity index is 934. The van der Waals surface area contributed by atoms with Gasteiger partial charge in [-0.3, -0.25) is 4.90 Å². The molecule has 4 rings (SSSR count). The van der Waals surface area contributed by atoms with Crippen molar-refractivity contribution in [3.8, 4) is 0 Å². The molecule has 2 aliphatic heterocycles. The van der Waals surface area contributed by atoms with Crippen molar-refractivity contribution in [2.45, 2.75) is 24.9 Å². The molecule has 0 radical (unpaired) electrons. The van der Waals surface area contributed by atoms with Crippen molar-refractivity contribution in [3.63, 3.8) is 0 Å². The highest BCUT2D eigenvalue weighted by Gasteiger charge is 2.35. The van der Waals surface area contributed by atoms with Crippen molar-refractivity contribution in [3.05, 3.63) is 57.6 Å². The van der Waals surface area contributed by atoms with E-state index in [0.717, 1.165) is 17.7 Å². The topological polar surface area (TPSA) is 81.7 Å². The molecule has 2 aliphatic rings. The Morgan fingerprint density at radius 2 is 2.00 bits per heavy atom. The Hall–Kier alpha value is -2.44. The molecule has 140 valence electrons. The van der Waals surface area contributed by atoms with Crippen LogP contribution in [0.3, 0.4) is 0 Å². The molecule has 0 saturated heterocycles. The first-order valence-electron chi connectivity index (χ1n) is 8.58. The van der Waals surface area contributed by atoms with E-state index in [0.29, 0.717) is 27.8 Å². The van der Waals surface area contributed by atoms with Gasteiger partial charge in [0, 0.05) is 39.9 Å². The monoisotopic (exact) mass is 405 g/mol. The molecule has 3 N–H and O–H groups in total. The highest BCUT2D eigenvalue weighted by Crippen LogP contribution is 2.40. The minimum Gasteiger partial charge on any atom is -0.480 e. The third kappa shape index (κ3) is 3.31. The first kappa shape index (κ1) is 17.9. The third-order valence-corrected chi connectivity index (χ3v) is 5.50. The summed E-state index contributed by atoms with van der Waals surface area (Å²) in [5, 5.41) is 16.1. The normalized spacial score (nSPS) is 20.4. The quantitative estimate of drug-likeness (QED) is 0.702. The number of halogens is 2. The van der Waals surface area contributed by atoms with Gasteiger partial charge in [0.2, 0.25) is 0 Å². The highest BCUT2D eigenvalue weighted by atomic mass is 35.5. The number of urea groups is 1. The number of hydrogen-bond acceptors (Lipinski definition) is 3. The van der Waals surface area contributed by atoms with E-state index in [1.165, 1.54) is 0 Å². The van der Waals surface area contributed by atoms with E-state index in [4.69, 9.17) is 23.2 Å². The number of nitrogens with zero attached hydrogens (tertiary/aromatic N) is 1. The fourth-order valence-electron chi connectivity index (χ4n) is 3.73. The summed E-state index contributed by atoms with van der Waals surface area (Å²) in [4.78, 5) is 26.1. The third-order valence-electron chi connectivity index (χ3n) is 4.97. The summed E-state index contributed by atoms with van der Waals surface area (Å²) in [5.74, 6) is -0.998. The molecular weight excluding hydrogens is 389 g/mol. The van der Waals surface area contributed by atoms with Gasteiger partial charge < -0.3 is 15.7 Å². The molecule has 8 heteroatoms. The number of amides is 2. The molecule has 2 atom stereocenters. The van der Waals surface area contributed by atoms with Crippen molar-refractivity contribution in [2.75, 3.05) is 16.8 Å². The number of nitrogens with one attached hydrogen (secondary N) is 2. The van der Waals surface area contributed by atoms with Gasteiger partial charge in [0.05, 0.1) is 6.04 Å². The van der Waals surface area contributed by atoms with Crippen molar-refractivity contribution < 1.29 is 14.7 Å². The van der Waals surface area contributed by atoms with E-state index < -0.39 is 18.1 Å². The molecule has 0 aliphatic carbocycles. The van der Waals surface area contributed by atoms with Crippen LogP contribution in [0.2, 0.25) is 10.0 Å². The average molecular weight is 406 g/mol. The Balaban J connectivity index is 1.64. The van der Waals surface area contributed by atoms with Gasteiger partial charge in [-0.1, -0.05) is 41.4 Å². The highest BCUT2D eigenvalue weighted by molar-refractivity contribution is 6.35. The van der Waals surface area contributed by atoms with Crippen LogP contribution in [0.1, 0.15) is 23.6 Å². The number of rotatable bonds is 2. The zero-order chi connectivity index (χ0) is 19.1. The Morgan fingerprint density at radius 3 is 2.78 bits per heavy atom. The second-order valence-corrected chi connectivity index (χ2v) is 7.50. The van der Waals surface area contributed by atoms with Crippen molar-refractivity contribution in [1.82, 2.24) is 5.32 Å². The maximum Gasteiger partial charge on any atom is 0.326 e. The molecule has 2 heterocycles. The first-order chi connectivity index (χ1) is 12.9. The zero-order valence-electron chi connectivity index (χ0n) is 14.2. The van der Waals surface area contributed by atoms with E-state index in [-0.39, 0.29) is 12.5 Å². The smallest absolute Gasteiger partial charge is 0.326 e. The van der Waals surface area contributed by atoms with E-state index in [1.807, 2.05) is 24.3 Å². The lowest BCUT2D eigenvalue weighted by atomic mass is 9.93. The molecule has 2 aromatic carbocycles. The number of fused-ring (bicyclic) bond motifs is 2. The fraction of sp³-hybridized carbons (Fsp3) is 0.263. The summed E-state index contributed by atoms with van der Waals surface area (Å²) in [6, 6.07) is 9.32. The first-order valence-corrected chi connectivity index (χ1v) is 9.34. The summed E-state index contributed by atoms with van der Waals surface area (Å²) in [5.41, 5.74) is 3.17. The van der Waals surface area contributed by atoms with E-state index >= 15 is 0 Å². The van der Waals surface area contributed by atoms with Crippen LogP contribution in [-0.4, -0.2) is 29.7 Å². The van der Waals surface area contributed by atoms with Crippen LogP contribution in [0.25, 0.3) is 0 Å². The molecule has 0 aromatic heterocycles. The fourth-order valence-corrected chi connectivity index (χ4v) is 4.35. The standard InChI is InChI=1S/C19H17Cl2N3O3/c20-11-7-12(21)17-13(8-11)22-15(18(25)26)9-14(17)23-19(27)24-6-5-10-3-1-2-4-16(10)24/h1-4,7-8,14-15,22H,5-6,9H2,(H,23,27)(H,25,26). The summed E-state index contributed by atoms with van der Waals surface area (Å²) >= 11 is 12.4. The zero-order valence-corrected chi connectivity index (χ0v) is 15.7. The number of carboxylic acids is 1. The number of carbonyl (C=O) groups excluding carboxylic acids is 1. The van der Waals surface area contributed by atoms with Gasteiger partial charge in [-0.05, 0) is 30.2 Å². The lowest BCUT2D eigenvalue weighted by Gasteiger charge is -2.33. The van der Waals surface area contributed by atoms with E-state index in [1.54, 1.807) is 17.0 Å². The molecule has 2 amide bonds. The average Bonchev–Trinajstić information content (AvgIpc) is 3.04. The maximum absolute atomic E-state index is 12.9. The molecule has 0 saturated carbocycles. The van der Waals surface area contributed by atoms with Gasteiger partial charge in [-0.15, -0.1) is 0 Å². The summed E-state index contributed by atoms with van der Waals surface area (Å²) in [7, 11) is 0. The van der Waals surface area contributed by atoms with Crippen molar-refractivity contribution in [2.24, 2.45) is 0 Å². The number of benzene rings is 2. The van der Waals surface area contributed by atoms with Gasteiger partial charge in [-0.25, -0.2) is 9.59 Å². The molecule has 2 aromatic rings. The van der Waals surface area contributed by atoms with Gasteiger partial charge in [0.15, 0.2) is 0 Å². The molecular formula is C19H17Cl2N3O3. The SMILES string of the molecule is O=C(O)C1CC(NC(=O)N2CCc3ccccc32)c2c(Cl)cc(Cl)cc2N1. The molecule has 0 spiro atoms. The van der Waals surface area contributed by atoms with Crippen LogP contribution < -0.4 is 15.5 Å². The number of carboxylic acid groups (broad SMARTS) is 1. The molecule has 6 nitrogen and oxygen atoms in total. The summed E-state index contributed by atoms with van der Waals surface area (Å²) in [6.45, 7) is 0.583. The Morgan fingerprint density at radius 1 is 1.22 bits per heavy atom. The van der Waals surface area contributed by atoms with Gasteiger partial charge in [-0.2, -0.15) is 0 Å². The molecule has 0 fully saturated rings. The maximum atomic E-state index is 12.9. The van der Waals surface area contributed by atoms with Crippen molar-refractivity contribution >= 4 is 46.6 Å². The van der Waals surface area contributed by atoms with Crippen LogP contribution in [0, 0.1) is 0 Å². The predicted octanol–water partition coefficient (Wildman–Crippen LogP) is 4.08. The predicted molar refractivity (Wildman–Crippen MR) is 105 cm³/mol. The molecule has 0 bridgehead atoms. The Kier molecular flexibility index (Phi) is 4.61. The largest absolute Gasteiger partial charge is 0.480 e. The second-order valence-electron chi connectivity index (χ2n) is 6.65. The van der Waals surface area contributed by atoms with Gasteiger partial charge >= 0.3 is 12.0 Å². The number of aliphatic carboxylic acids is 1. The number of anilines is 2. The summed E-state index contributed by atoms with van der Waals surface area (Å²) in [6.07, 6.45) is 0.978. The molecule has 27 heavy (non-hydrogen) atoms. The van der Waals surface area contributed by atoms with E-state index in [9.17, 15) is 14.7 Å². The van der Waals surface area contributed by atoms with Crippen LogP contribution in [0.5, 0.6) is 0 Å². The van der Waals surface area contributed by atoms with E-state index in [2.05, 4.69) is 10.6 Å². The molecule has 2 unspecified atom stereocenters. The lowest BCUT2D eigenvalue weighted by Crippen LogP contribution is -2.45. The van der Waals surface area contributed by atoms with Gasteiger partial charge in [0.25, 0.3) is 0 Å². The van der Waals surface area contributed by atoms with Crippen molar-refractivity contribution in [1.29, 1.82) is 0 Å². The Labute approximate surface area is 166 Å². The van der Waals surface area contributed by atoms with Crippen LogP contribution in [0.4, 0.5) is 16.2 Å². The number of carbonyl (C=O) groups is 2. The van der Waals surface area contributed by atoms with Gasteiger partial charge in [0.1, 0.15) is 6.04 Å². The number of para-hydroxylation sites is 1. The minimum atomic E-state index is -0.998. The summed E-state index contributed by atoms with van der Waals surface area (Å²) < 4.78 is 0. The number of hydrogen-bond donors (Lipinski definition) is 3. The lowest BCUT2D eigenvalue weighted by molar-refractivity contribution is -0.138. The van der Waals surface area contributed by atoms with Crippen LogP contribution in [0.15, 0.2) is 36.4 Å². The van der Waals surface area contributed by atoms with Crippen LogP contribution >= 0.6 is 23.2 Å².